The number of carbonyl (C=O) groups excluding carboxylic acids is 1. The van der Waals surface area contributed by atoms with E-state index in [1.165, 1.54) is 6.07 Å². The Morgan fingerprint density at radius 2 is 1.91 bits per heavy atom. The fourth-order valence-corrected chi connectivity index (χ4v) is 3.04. The van der Waals surface area contributed by atoms with E-state index in [-0.39, 0.29) is 31.5 Å². The van der Waals surface area contributed by atoms with Crippen LogP contribution >= 0.6 is 11.6 Å². The van der Waals surface area contributed by atoms with Crippen molar-refractivity contribution in [1.82, 2.24) is 0 Å². The molecule has 0 bridgehead atoms. The van der Waals surface area contributed by atoms with Crippen LogP contribution in [0.4, 0.5) is 0 Å². The predicted molar refractivity (Wildman–Crippen MR) is 120 cm³/mol. The SMILES string of the molecule is CCOC(=O)[C@H](Cc1cccc(OC[C@@H](O)COc2ccc(Cl)cc2C#N)c1)OC(C)C. The number of hydrogen-bond donors (Lipinski definition) is 1. The minimum Gasteiger partial charge on any atom is -0.491 e. The van der Waals surface area contributed by atoms with Crippen molar-refractivity contribution in [2.75, 3.05) is 19.8 Å². The third kappa shape index (κ3) is 8.39. The van der Waals surface area contributed by atoms with Crippen LogP contribution in [-0.2, 0) is 20.7 Å². The van der Waals surface area contributed by atoms with Crippen LogP contribution in [0.1, 0.15) is 31.9 Å². The Morgan fingerprint density at radius 3 is 2.59 bits per heavy atom. The maximum atomic E-state index is 12.2. The molecule has 0 aromatic heterocycles. The van der Waals surface area contributed by atoms with E-state index in [0.29, 0.717) is 22.9 Å². The second kappa shape index (κ2) is 12.9. The molecular weight excluding hydrogens is 434 g/mol. The van der Waals surface area contributed by atoms with E-state index in [0.717, 1.165) is 5.56 Å². The molecule has 0 radical (unpaired) electrons. The average molecular weight is 462 g/mol. The van der Waals surface area contributed by atoms with Gasteiger partial charge in [0.25, 0.3) is 0 Å². The second-order valence-electron chi connectivity index (χ2n) is 7.31. The van der Waals surface area contributed by atoms with Gasteiger partial charge in [-0.25, -0.2) is 4.79 Å². The Kier molecular flexibility index (Phi) is 10.3. The van der Waals surface area contributed by atoms with Gasteiger partial charge in [0, 0.05) is 11.4 Å². The zero-order valence-electron chi connectivity index (χ0n) is 18.4. The van der Waals surface area contributed by atoms with E-state index in [9.17, 15) is 9.90 Å². The first kappa shape index (κ1) is 25.5. The molecule has 0 amide bonds. The number of aliphatic hydroxyl groups excluding tert-OH is 1. The Bertz CT molecular complexity index is 927. The summed E-state index contributed by atoms with van der Waals surface area (Å²) in [7, 11) is 0. The van der Waals surface area contributed by atoms with Crippen molar-refractivity contribution >= 4 is 17.6 Å². The first-order valence-corrected chi connectivity index (χ1v) is 10.7. The van der Waals surface area contributed by atoms with Crippen LogP contribution in [0.2, 0.25) is 5.02 Å². The zero-order valence-corrected chi connectivity index (χ0v) is 19.2. The van der Waals surface area contributed by atoms with Crippen LogP contribution in [0, 0.1) is 11.3 Å². The molecule has 2 rings (SSSR count). The lowest BCUT2D eigenvalue weighted by Gasteiger charge is -2.19. The smallest absolute Gasteiger partial charge is 0.335 e. The van der Waals surface area contributed by atoms with E-state index in [1.807, 2.05) is 26.0 Å². The summed E-state index contributed by atoms with van der Waals surface area (Å²) in [5, 5.41) is 19.8. The van der Waals surface area contributed by atoms with Crippen molar-refractivity contribution in [3.8, 4) is 17.6 Å². The number of carbonyl (C=O) groups is 1. The van der Waals surface area contributed by atoms with Crippen LogP contribution in [0.3, 0.4) is 0 Å². The van der Waals surface area contributed by atoms with Gasteiger partial charge < -0.3 is 24.1 Å². The minimum absolute atomic E-state index is 0.0112. The number of nitriles is 1. The fourth-order valence-electron chi connectivity index (χ4n) is 2.87. The van der Waals surface area contributed by atoms with Gasteiger partial charge in [0.05, 0.1) is 18.3 Å². The molecule has 2 aromatic carbocycles. The van der Waals surface area contributed by atoms with Crippen LogP contribution in [-0.4, -0.2) is 49.2 Å². The molecule has 0 unspecified atom stereocenters. The quantitative estimate of drug-likeness (QED) is 0.478. The molecule has 0 saturated heterocycles. The van der Waals surface area contributed by atoms with Gasteiger partial charge in [-0.15, -0.1) is 0 Å². The fraction of sp³-hybridized carbons (Fsp3) is 0.417. The van der Waals surface area contributed by atoms with Gasteiger partial charge >= 0.3 is 5.97 Å². The highest BCUT2D eigenvalue weighted by Gasteiger charge is 2.22. The van der Waals surface area contributed by atoms with Crippen molar-refractivity contribution in [2.45, 2.75) is 45.5 Å². The number of rotatable bonds is 12. The number of hydrogen-bond acceptors (Lipinski definition) is 7. The molecule has 0 saturated carbocycles. The van der Waals surface area contributed by atoms with Gasteiger partial charge in [-0.2, -0.15) is 5.26 Å². The Labute approximate surface area is 193 Å². The third-order valence-electron chi connectivity index (χ3n) is 4.24. The molecule has 0 heterocycles. The third-order valence-corrected chi connectivity index (χ3v) is 4.48. The molecule has 0 aliphatic rings. The summed E-state index contributed by atoms with van der Waals surface area (Å²) >= 11 is 5.87. The highest BCUT2D eigenvalue weighted by atomic mass is 35.5. The minimum atomic E-state index is -0.919. The largest absolute Gasteiger partial charge is 0.491 e. The maximum Gasteiger partial charge on any atom is 0.335 e. The van der Waals surface area contributed by atoms with E-state index in [2.05, 4.69) is 0 Å². The van der Waals surface area contributed by atoms with E-state index in [1.54, 1.807) is 37.3 Å². The highest BCUT2D eigenvalue weighted by Crippen LogP contribution is 2.22. The summed E-state index contributed by atoms with van der Waals surface area (Å²) in [6, 6.07) is 13.9. The highest BCUT2D eigenvalue weighted by molar-refractivity contribution is 6.30. The predicted octanol–water partition coefficient (Wildman–Crippen LogP) is 3.93. The van der Waals surface area contributed by atoms with Crippen LogP contribution in [0.5, 0.6) is 11.5 Å². The zero-order chi connectivity index (χ0) is 23.5. The maximum absolute atomic E-state index is 12.2. The van der Waals surface area contributed by atoms with Crippen LogP contribution in [0.15, 0.2) is 42.5 Å². The van der Waals surface area contributed by atoms with Gasteiger partial charge in [0.2, 0.25) is 0 Å². The summed E-state index contributed by atoms with van der Waals surface area (Å²) in [4.78, 5) is 12.2. The Balaban J connectivity index is 1.91. The first-order valence-electron chi connectivity index (χ1n) is 10.4. The van der Waals surface area contributed by atoms with Gasteiger partial charge in [-0.3, -0.25) is 0 Å². The molecular formula is C24H28ClNO6. The average Bonchev–Trinajstić information content (AvgIpc) is 2.76. The normalized spacial score (nSPS) is 12.7. The van der Waals surface area contributed by atoms with Crippen molar-refractivity contribution < 1.29 is 28.8 Å². The summed E-state index contributed by atoms with van der Waals surface area (Å²) in [5.41, 5.74) is 1.13. The van der Waals surface area contributed by atoms with Crippen molar-refractivity contribution in [1.29, 1.82) is 5.26 Å². The molecule has 0 aliphatic heterocycles. The number of benzene rings is 2. The van der Waals surface area contributed by atoms with Gasteiger partial charge in [-0.1, -0.05) is 23.7 Å². The molecule has 32 heavy (non-hydrogen) atoms. The summed E-state index contributed by atoms with van der Waals surface area (Å²) < 4.78 is 22.0. The molecule has 0 aliphatic carbocycles. The molecule has 0 spiro atoms. The molecule has 1 N–H and O–H groups in total. The summed E-state index contributed by atoms with van der Waals surface area (Å²) in [5.74, 6) is 0.477. The molecule has 7 nitrogen and oxygen atoms in total. The van der Waals surface area contributed by atoms with Gasteiger partial charge in [-0.05, 0) is 56.7 Å². The Hall–Kier alpha value is -2.79. The number of aliphatic hydroxyl groups is 1. The number of halogens is 1. The van der Waals surface area contributed by atoms with Crippen LogP contribution < -0.4 is 9.47 Å². The molecule has 172 valence electrons. The van der Waals surface area contributed by atoms with Crippen LogP contribution in [0.25, 0.3) is 0 Å². The standard InChI is InChI=1S/C24H28ClNO6/c1-4-29-24(28)23(32-16(2)3)11-17-6-5-7-21(10-17)30-14-20(27)15-31-22-9-8-19(25)12-18(22)13-26/h5-10,12,16,20,23,27H,4,11,14-15H2,1-3H3/t20-,23+/m1/s1. The first-order chi connectivity index (χ1) is 15.3. The van der Waals surface area contributed by atoms with Crippen molar-refractivity contribution in [3.63, 3.8) is 0 Å². The van der Waals surface area contributed by atoms with Crippen molar-refractivity contribution in [3.05, 3.63) is 58.6 Å². The second-order valence-corrected chi connectivity index (χ2v) is 7.74. The molecule has 8 heteroatoms. The van der Waals surface area contributed by atoms with Gasteiger partial charge in [0.1, 0.15) is 36.9 Å². The monoisotopic (exact) mass is 461 g/mol. The number of nitrogens with zero attached hydrogens (tertiary/aromatic N) is 1. The van der Waals surface area contributed by atoms with E-state index >= 15 is 0 Å². The lowest BCUT2D eigenvalue weighted by atomic mass is 10.1. The molecule has 2 aromatic rings. The lowest BCUT2D eigenvalue weighted by Crippen LogP contribution is -2.31. The van der Waals surface area contributed by atoms with E-state index in [4.69, 9.17) is 35.8 Å². The lowest BCUT2D eigenvalue weighted by molar-refractivity contribution is -0.159. The molecule has 0 fully saturated rings. The summed E-state index contributed by atoms with van der Waals surface area (Å²) in [6.07, 6.45) is -1.41. The van der Waals surface area contributed by atoms with E-state index < -0.39 is 18.2 Å². The number of esters is 1. The number of ether oxygens (including phenoxy) is 4. The van der Waals surface area contributed by atoms with Gasteiger partial charge in [0.15, 0.2) is 6.10 Å². The summed E-state index contributed by atoms with van der Waals surface area (Å²) in [6.45, 7) is 5.69. The molecule has 2 atom stereocenters. The Morgan fingerprint density at radius 1 is 1.16 bits per heavy atom. The van der Waals surface area contributed by atoms with Crippen molar-refractivity contribution in [2.24, 2.45) is 0 Å². The topological polar surface area (TPSA) is 98.0 Å².